The molecule has 27 heavy (non-hydrogen) atoms. The molecule has 0 radical (unpaired) electrons. The summed E-state index contributed by atoms with van der Waals surface area (Å²) in [5.41, 5.74) is 0. The molecule has 150 valence electrons. The average Bonchev–Trinajstić information content (AvgIpc) is 2.65. The van der Waals surface area contributed by atoms with E-state index >= 15 is 0 Å². The van der Waals surface area contributed by atoms with Gasteiger partial charge in [0.05, 0.1) is 12.7 Å². The number of hydrogen-bond donors (Lipinski definition) is 1. The molecule has 1 atom stereocenters. The Kier molecular flexibility index (Phi) is 18.6. The zero-order valence-electron chi connectivity index (χ0n) is 16.9. The Morgan fingerprint density at radius 1 is 0.778 bits per heavy atom. The number of ether oxygens (including phenoxy) is 1. The highest BCUT2D eigenvalue weighted by atomic mass is 16.5. The summed E-state index contributed by atoms with van der Waals surface area (Å²) in [5, 5.41) is 9.87. The highest BCUT2D eigenvalue weighted by Gasteiger charge is 1.97. The van der Waals surface area contributed by atoms with Crippen molar-refractivity contribution in [2.45, 2.75) is 64.9 Å². The maximum absolute atomic E-state index is 11.0. The van der Waals surface area contributed by atoms with Gasteiger partial charge < -0.3 is 9.84 Å². The van der Waals surface area contributed by atoms with Gasteiger partial charge in [0.15, 0.2) is 0 Å². The van der Waals surface area contributed by atoms with E-state index in [9.17, 15) is 9.90 Å². The highest BCUT2D eigenvalue weighted by Crippen LogP contribution is 2.09. The minimum Gasteiger partial charge on any atom is -0.463 e. The van der Waals surface area contributed by atoms with Gasteiger partial charge >= 0.3 is 5.97 Å². The van der Waals surface area contributed by atoms with Crippen molar-refractivity contribution in [1.29, 1.82) is 0 Å². The van der Waals surface area contributed by atoms with Gasteiger partial charge in [0.2, 0.25) is 0 Å². The summed E-state index contributed by atoms with van der Waals surface area (Å²) < 4.78 is 4.77. The number of allylic oxidation sites excluding steroid dienone is 10. The van der Waals surface area contributed by atoms with E-state index < -0.39 is 0 Å². The summed E-state index contributed by atoms with van der Waals surface area (Å²) in [6.45, 7) is 4.39. The van der Waals surface area contributed by atoms with Crippen LogP contribution in [0.3, 0.4) is 0 Å². The molecule has 0 aromatic rings. The van der Waals surface area contributed by atoms with Gasteiger partial charge in [0.1, 0.15) is 0 Å². The zero-order valence-corrected chi connectivity index (χ0v) is 16.9. The number of esters is 1. The number of aliphatic hydroxyl groups is 1. The monoisotopic (exact) mass is 372 g/mol. The number of carbonyl (C=O) groups is 1. The molecule has 0 spiro atoms. The van der Waals surface area contributed by atoms with E-state index in [1.54, 1.807) is 19.1 Å². The van der Waals surface area contributed by atoms with Crippen LogP contribution < -0.4 is 0 Å². The normalized spacial score (nSPS) is 14.0. The van der Waals surface area contributed by atoms with Crippen molar-refractivity contribution in [3.05, 3.63) is 72.9 Å². The first-order valence-electron chi connectivity index (χ1n) is 10.1. The van der Waals surface area contributed by atoms with E-state index in [0.717, 1.165) is 12.8 Å². The first kappa shape index (κ1) is 24.9. The van der Waals surface area contributed by atoms with E-state index in [0.29, 0.717) is 6.61 Å². The van der Waals surface area contributed by atoms with Crippen LogP contribution >= 0.6 is 0 Å². The lowest BCUT2D eigenvalue weighted by atomic mass is 10.1. The third-order valence-electron chi connectivity index (χ3n) is 3.71. The Labute approximate surface area is 165 Å². The molecule has 0 aliphatic rings. The van der Waals surface area contributed by atoms with Crippen LogP contribution in [0.15, 0.2) is 72.9 Å². The van der Waals surface area contributed by atoms with E-state index in [1.165, 1.54) is 38.2 Å². The smallest absolute Gasteiger partial charge is 0.330 e. The lowest BCUT2D eigenvalue weighted by molar-refractivity contribution is -0.137. The number of rotatable bonds is 15. The molecule has 1 N–H and O–H groups in total. The molecule has 0 bridgehead atoms. The fraction of sp³-hybridized carbons (Fsp3) is 0.458. The maximum atomic E-state index is 11.0. The molecule has 0 amide bonds. The van der Waals surface area contributed by atoms with Gasteiger partial charge in [-0.3, -0.25) is 0 Å². The fourth-order valence-corrected chi connectivity index (χ4v) is 2.26. The summed E-state index contributed by atoms with van der Waals surface area (Å²) in [5.74, 6) is -0.332. The van der Waals surface area contributed by atoms with Crippen LogP contribution in [0.1, 0.15) is 58.8 Å². The fourth-order valence-electron chi connectivity index (χ4n) is 2.26. The van der Waals surface area contributed by atoms with Crippen LogP contribution in [0.5, 0.6) is 0 Å². The van der Waals surface area contributed by atoms with Gasteiger partial charge in [-0.15, -0.1) is 0 Å². The predicted molar refractivity (Wildman–Crippen MR) is 115 cm³/mol. The lowest BCUT2D eigenvalue weighted by Crippen LogP contribution is -2.01. The quantitative estimate of drug-likeness (QED) is 0.166. The van der Waals surface area contributed by atoms with Crippen molar-refractivity contribution < 1.29 is 14.6 Å². The summed E-state index contributed by atoms with van der Waals surface area (Å²) in [4.78, 5) is 11.0. The molecule has 3 heteroatoms. The second-order valence-electron chi connectivity index (χ2n) is 6.16. The Hall–Kier alpha value is -2.13. The first-order chi connectivity index (χ1) is 13.2. The molecule has 0 fully saturated rings. The molecule has 0 saturated heterocycles. The molecule has 0 aliphatic heterocycles. The zero-order chi connectivity index (χ0) is 20.0. The molecule has 3 nitrogen and oxygen atoms in total. The van der Waals surface area contributed by atoms with Gasteiger partial charge in [-0.1, -0.05) is 112 Å². The maximum Gasteiger partial charge on any atom is 0.330 e. The highest BCUT2D eigenvalue weighted by molar-refractivity contribution is 5.82. The van der Waals surface area contributed by atoms with Gasteiger partial charge in [-0.2, -0.15) is 0 Å². The molecular formula is C24H36O3. The Morgan fingerprint density at radius 2 is 1.30 bits per heavy atom. The topological polar surface area (TPSA) is 46.5 Å². The third-order valence-corrected chi connectivity index (χ3v) is 3.71. The number of aliphatic hydroxyl groups excluding tert-OH is 1. The molecule has 0 heterocycles. The number of carbonyl (C=O) groups excluding carboxylic acids is 1. The Bertz CT molecular complexity index is 522. The lowest BCUT2D eigenvalue weighted by Gasteiger charge is -2.04. The summed E-state index contributed by atoms with van der Waals surface area (Å²) >= 11 is 0. The first-order valence-corrected chi connectivity index (χ1v) is 10.1. The van der Waals surface area contributed by atoms with Crippen molar-refractivity contribution >= 4 is 5.97 Å². The van der Waals surface area contributed by atoms with E-state index in [2.05, 4.69) is 6.92 Å². The van der Waals surface area contributed by atoms with Crippen LogP contribution in [-0.4, -0.2) is 23.8 Å². The minimum absolute atomic E-state index is 0.332. The van der Waals surface area contributed by atoms with Crippen molar-refractivity contribution in [2.24, 2.45) is 0 Å². The van der Waals surface area contributed by atoms with Gasteiger partial charge in [-0.05, 0) is 13.3 Å². The molecule has 0 aromatic heterocycles. The van der Waals surface area contributed by atoms with Crippen LogP contribution in [0, 0.1) is 0 Å². The van der Waals surface area contributed by atoms with Crippen LogP contribution in [0.2, 0.25) is 0 Å². The van der Waals surface area contributed by atoms with E-state index in [4.69, 9.17) is 4.74 Å². The summed E-state index contributed by atoms with van der Waals surface area (Å²) in [6.07, 6.45) is 29.8. The van der Waals surface area contributed by atoms with Crippen LogP contribution in [0.25, 0.3) is 0 Å². The average molecular weight is 373 g/mol. The molecule has 0 aromatic carbocycles. The number of hydrogen-bond acceptors (Lipinski definition) is 3. The van der Waals surface area contributed by atoms with Crippen molar-refractivity contribution in [3.63, 3.8) is 0 Å². The summed E-state index contributed by atoms with van der Waals surface area (Å²) in [6, 6.07) is 0. The molecule has 0 aliphatic carbocycles. The molecule has 1 unspecified atom stereocenters. The predicted octanol–water partition coefficient (Wildman–Crippen LogP) is 6.00. The Balaban J connectivity index is 3.81. The second kappa shape index (κ2) is 20.2. The second-order valence-corrected chi connectivity index (χ2v) is 6.16. The van der Waals surface area contributed by atoms with Gasteiger partial charge in [0, 0.05) is 6.08 Å². The van der Waals surface area contributed by atoms with E-state index in [1.807, 2.05) is 54.7 Å². The molecule has 0 saturated carbocycles. The van der Waals surface area contributed by atoms with Gasteiger partial charge in [-0.25, -0.2) is 4.79 Å². The SMILES string of the molecule is CCCCCCCCC(O)C=CC=CC=CC=CC=CC=CC(=O)OCC. The van der Waals surface area contributed by atoms with Crippen LogP contribution in [0.4, 0.5) is 0 Å². The van der Waals surface area contributed by atoms with Crippen molar-refractivity contribution in [2.75, 3.05) is 6.61 Å². The van der Waals surface area contributed by atoms with Crippen LogP contribution in [-0.2, 0) is 9.53 Å². The van der Waals surface area contributed by atoms with Crippen molar-refractivity contribution in [3.8, 4) is 0 Å². The van der Waals surface area contributed by atoms with E-state index in [-0.39, 0.29) is 12.1 Å². The summed E-state index contributed by atoms with van der Waals surface area (Å²) in [7, 11) is 0. The minimum atomic E-state index is -0.350. The standard InChI is InChI=1S/C24H36O3/c1-3-5-6-7-14-17-20-23(25)21-18-15-12-10-8-9-11-13-16-19-22-24(26)27-4-2/h8-13,15-16,18-19,21-23,25H,3-7,14,17,20H2,1-2H3. The molecule has 0 rings (SSSR count). The number of unbranched alkanes of at least 4 members (excludes halogenated alkanes) is 5. The van der Waals surface area contributed by atoms with Crippen molar-refractivity contribution in [1.82, 2.24) is 0 Å². The Morgan fingerprint density at radius 3 is 1.89 bits per heavy atom. The van der Waals surface area contributed by atoms with Gasteiger partial charge in [0.25, 0.3) is 0 Å². The molecular weight excluding hydrogens is 336 g/mol. The third kappa shape index (κ3) is 20.0. The largest absolute Gasteiger partial charge is 0.463 e.